The fraction of sp³-hybridized carbons (Fsp3) is 0. The quantitative estimate of drug-likeness (QED) is 0.687. The molecule has 0 aliphatic carbocycles. The first kappa shape index (κ1) is 11.6. The second-order valence-electron chi connectivity index (χ2n) is 3.79. The van der Waals surface area contributed by atoms with Crippen LogP contribution in [0.4, 0.5) is 4.39 Å². The highest BCUT2D eigenvalue weighted by molar-refractivity contribution is 9.10. The number of aromatic amines is 1. The number of benzene rings is 1. The number of halogens is 2. The summed E-state index contributed by atoms with van der Waals surface area (Å²) in [7, 11) is 0. The molecule has 3 nitrogen and oxygen atoms in total. The lowest BCUT2D eigenvalue weighted by molar-refractivity contribution is 0.629. The Morgan fingerprint density at radius 3 is 2.89 bits per heavy atom. The van der Waals surface area contributed by atoms with Crippen LogP contribution >= 0.6 is 28.1 Å². The summed E-state index contributed by atoms with van der Waals surface area (Å²) in [5.74, 6) is -0.298. The van der Waals surface area contributed by atoms with Crippen molar-refractivity contribution in [2.75, 3.05) is 0 Å². The van der Waals surface area contributed by atoms with Crippen LogP contribution in [0.25, 0.3) is 16.7 Å². The van der Waals surface area contributed by atoms with E-state index in [9.17, 15) is 4.39 Å². The van der Waals surface area contributed by atoms with E-state index in [1.807, 2.05) is 6.07 Å². The van der Waals surface area contributed by atoms with Gasteiger partial charge in [-0.2, -0.15) is 0 Å². The lowest BCUT2D eigenvalue weighted by Gasteiger charge is -2.04. The first-order valence-corrected chi connectivity index (χ1v) is 6.36. The molecular weight excluding hydrogens is 317 g/mol. The van der Waals surface area contributed by atoms with Gasteiger partial charge in [-0.25, -0.2) is 4.39 Å². The molecule has 6 heteroatoms. The molecule has 0 atom stereocenters. The van der Waals surface area contributed by atoms with E-state index in [4.69, 9.17) is 12.2 Å². The van der Waals surface area contributed by atoms with Gasteiger partial charge in [-0.3, -0.25) is 9.55 Å². The fourth-order valence-electron chi connectivity index (χ4n) is 1.86. The number of rotatable bonds is 1. The van der Waals surface area contributed by atoms with Gasteiger partial charge < -0.3 is 4.98 Å². The number of nitrogens with zero attached hydrogens (tertiary/aromatic N) is 2. The second kappa shape index (κ2) is 4.29. The summed E-state index contributed by atoms with van der Waals surface area (Å²) in [6.07, 6.45) is 3.36. The van der Waals surface area contributed by atoms with Crippen molar-refractivity contribution in [3.05, 3.63) is 51.7 Å². The zero-order valence-electron chi connectivity index (χ0n) is 9.02. The summed E-state index contributed by atoms with van der Waals surface area (Å²) < 4.78 is 16.4. The van der Waals surface area contributed by atoms with Crippen LogP contribution in [0.3, 0.4) is 0 Å². The van der Waals surface area contributed by atoms with E-state index in [2.05, 4.69) is 25.9 Å². The van der Waals surface area contributed by atoms with Crippen LogP contribution < -0.4 is 0 Å². The van der Waals surface area contributed by atoms with E-state index in [1.165, 1.54) is 12.1 Å². The van der Waals surface area contributed by atoms with E-state index in [0.717, 1.165) is 15.7 Å². The molecule has 3 rings (SSSR count). The summed E-state index contributed by atoms with van der Waals surface area (Å²) in [4.78, 5) is 7.13. The summed E-state index contributed by atoms with van der Waals surface area (Å²) in [6.45, 7) is 0. The van der Waals surface area contributed by atoms with Gasteiger partial charge in [0.05, 0.1) is 22.9 Å². The first-order valence-electron chi connectivity index (χ1n) is 5.16. The lowest BCUT2D eigenvalue weighted by atomic mass is 10.3. The molecule has 1 aromatic carbocycles. The zero-order valence-corrected chi connectivity index (χ0v) is 11.4. The summed E-state index contributed by atoms with van der Waals surface area (Å²) >= 11 is 8.62. The van der Waals surface area contributed by atoms with Crippen molar-refractivity contribution in [3.8, 4) is 5.69 Å². The molecule has 0 fully saturated rings. The maximum absolute atomic E-state index is 13.3. The van der Waals surface area contributed by atoms with Crippen molar-refractivity contribution in [1.29, 1.82) is 0 Å². The van der Waals surface area contributed by atoms with Gasteiger partial charge in [0, 0.05) is 16.7 Å². The number of fused-ring (bicyclic) bond motifs is 1. The average Bonchev–Trinajstić information content (AvgIpc) is 2.64. The van der Waals surface area contributed by atoms with Gasteiger partial charge in [-0.15, -0.1) is 0 Å². The Balaban J connectivity index is 2.38. The molecular formula is C12H7BrFN3S. The van der Waals surface area contributed by atoms with Gasteiger partial charge in [0.15, 0.2) is 4.77 Å². The number of hydrogen-bond donors (Lipinski definition) is 1. The normalized spacial score (nSPS) is 11.0. The number of H-pyrrole nitrogens is 1. The molecule has 0 saturated carbocycles. The van der Waals surface area contributed by atoms with Gasteiger partial charge in [-0.05, 0) is 46.3 Å². The Morgan fingerprint density at radius 2 is 2.11 bits per heavy atom. The Labute approximate surface area is 115 Å². The SMILES string of the molecule is Fc1ccc2[nH]c(=S)n(-c3cncc(Br)c3)c2c1. The molecule has 0 spiro atoms. The number of hydrogen-bond acceptors (Lipinski definition) is 2. The van der Waals surface area contributed by atoms with Gasteiger partial charge in [0.1, 0.15) is 5.82 Å². The minimum absolute atomic E-state index is 0.298. The highest BCUT2D eigenvalue weighted by Crippen LogP contribution is 2.21. The van der Waals surface area contributed by atoms with Gasteiger partial charge >= 0.3 is 0 Å². The molecule has 0 amide bonds. The predicted molar refractivity (Wildman–Crippen MR) is 73.9 cm³/mol. The third kappa shape index (κ3) is 1.87. The van der Waals surface area contributed by atoms with Gasteiger partial charge in [-0.1, -0.05) is 0 Å². The molecule has 2 heterocycles. The number of imidazole rings is 1. The maximum Gasteiger partial charge on any atom is 0.182 e. The average molecular weight is 324 g/mol. The number of aromatic nitrogens is 3. The van der Waals surface area contributed by atoms with Crippen molar-refractivity contribution < 1.29 is 4.39 Å². The van der Waals surface area contributed by atoms with Crippen LogP contribution in [0.2, 0.25) is 0 Å². The second-order valence-corrected chi connectivity index (χ2v) is 5.09. The highest BCUT2D eigenvalue weighted by atomic mass is 79.9. The molecule has 0 bridgehead atoms. The minimum atomic E-state index is -0.298. The lowest BCUT2D eigenvalue weighted by Crippen LogP contribution is -1.95. The fourth-order valence-corrected chi connectivity index (χ4v) is 2.52. The molecule has 1 N–H and O–H groups in total. The smallest absolute Gasteiger partial charge is 0.182 e. The molecule has 18 heavy (non-hydrogen) atoms. The Kier molecular flexibility index (Phi) is 2.76. The van der Waals surface area contributed by atoms with Crippen LogP contribution in [-0.4, -0.2) is 14.5 Å². The van der Waals surface area contributed by atoms with Crippen molar-refractivity contribution in [1.82, 2.24) is 14.5 Å². The summed E-state index contributed by atoms with van der Waals surface area (Å²) in [5, 5.41) is 0. The third-order valence-corrected chi connectivity index (χ3v) is 3.31. The summed E-state index contributed by atoms with van der Waals surface area (Å²) in [5.41, 5.74) is 2.27. The number of pyridine rings is 1. The molecule has 2 aromatic heterocycles. The molecule has 0 unspecified atom stereocenters. The van der Waals surface area contributed by atoms with Crippen LogP contribution in [0.5, 0.6) is 0 Å². The molecule has 0 aliphatic heterocycles. The minimum Gasteiger partial charge on any atom is -0.330 e. The molecule has 0 radical (unpaired) electrons. The monoisotopic (exact) mass is 323 g/mol. The van der Waals surface area contributed by atoms with Crippen molar-refractivity contribution >= 4 is 39.2 Å². The number of nitrogens with one attached hydrogen (secondary N) is 1. The van der Waals surface area contributed by atoms with Crippen LogP contribution in [0.15, 0.2) is 41.1 Å². The standard InChI is InChI=1S/C12H7BrFN3S/c13-7-3-9(6-15-5-7)17-11-4-8(14)1-2-10(11)16-12(17)18/h1-6H,(H,16,18). The highest BCUT2D eigenvalue weighted by Gasteiger charge is 2.08. The van der Waals surface area contributed by atoms with Crippen LogP contribution in [-0.2, 0) is 0 Å². The van der Waals surface area contributed by atoms with Gasteiger partial charge in [0.25, 0.3) is 0 Å². The van der Waals surface area contributed by atoms with E-state index in [-0.39, 0.29) is 5.82 Å². The summed E-state index contributed by atoms with van der Waals surface area (Å²) in [6, 6.07) is 6.39. The first-order chi connectivity index (χ1) is 8.65. The van der Waals surface area contributed by atoms with E-state index < -0.39 is 0 Å². The Morgan fingerprint density at radius 1 is 1.28 bits per heavy atom. The van der Waals surface area contributed by atoms with E-state index in [1.54, 1.807) is 23.0 Å². The molecule has 0 aliphatic rings. The molecule has 3 aromatic rings. The van der Waals surface area contributed by atoms with Crippen LogP contribution in [0, 0.1) is 10.6 Å². The zero-order chi connectivity index (χ0) is 12.7. The topological polar surface area (TPSA) is 33.6 Å². The van der Waals surface area contributed by atoms with Crippen molar-refractivity contribution in [3.63, 3.8) is 0 Å². The predicted octanol–water partition coefficient (Wildman–Crippen LogP) is 3.98. The third-order valence-electron chi connectivity index (χ3n) is 2.59. The van der Waals surface area contributed by atoms with E-state index in [0.29, 0.717) is 10.3 Å². The van der Waals surface area contributed by atoms with Crippen molar-refractivity contribution in [2.45, 2.75) is 0 Å². The van der Waals surface area contributed by atoms with Gasteiger partial charge in [0.2, 0.25) is 0 Å². The van der Waals surface area contributed by atoms with Crippen LogP contribution in [0.1, 0.15) is 0 Å². The maximum atomic E-state index is 13.3. The van der Waals surface area contributed by atoms with E-state index >= 15 is 0 Å². The Hall–Kier alpha value is -1.53. The van der Waals surface area contributed by atoms with Crippen molar-refractivity contribution in [2.24, 2.45) is 0 Å². The Bertz CT molecular complexity index is 793. The molecule has 0 saturated heterocycles. The largest absolute Gasteiger partial charge is 0.330 e. The molecule has 90 valence electrons.